The average Bonchev–Trinajstić information content (AvgIpc) is 3.15. The maximum absolute atomic E-state index is 12.7. The van der Waals surface area contributed by atoms with Crippen molar-refractivity contribution in [3.05, 3.63) is 74.3 Å². The van der Waals surface area contributed by atoms with E-state index in [1.165, 1.54) is 15.9 Å². The Morgan fingerprint density at radius 2 is 1.89 bits per heavy atom. The van der Waals surface area contributed by atoms with Gasteiger partial charge in [0.25, 0.3) is 11.5 Å². The molecule has 2 aromatic carbocycles. The van der Waals surface area contributed by atoms with Gasteiger partial charge in [-0.1, -0.05) is 40.2 Å². The molecule has 0 radical (unpaired) electrons. The maximum atomic E-state index is 12.7. The van der Waals surface area contributed by atoms with E-state index in [0.29, 0.717) is 21.7 Å². The third-order valence-electron chi connectivity index (χ3n) is 4.37. The molecule has 4 aromatic rings. The van der Waals surface area contributed by atoms with Crippen LogP contribution in [0, 0.1) is 0 Å². The van der Waals surface area contributed by atoms with Crippen molar-refractivity contribution in [3.63, 3.8) is 0 Å². The van der Waals surface area contributed by atoms with E-state index in [-0.39, 0.29) is 11.3 Å². The summed E-state index contributed by atoms with van der Waals surface area (Å²) in [6.07, 6.45) is 0. The van der Waals surface area contributed by atoms with Crippen LogP contribution in [-0.2, 0) is 7.05 Å². The second-order valence-corrected chi connectivity index (χ2v) is 7.88. The summed E-state index contributed by atoms with van der Waals surface area (Å²) >= 11 is 4.63. The number of aryl methyl sites for hydroxylation is 1. The highest BCUT2D eigenvalue weighted by molar-refractivity contribution is 9.10. The van der Waals surface area contributed by atoms with Crippen LogP contribution < -0.4 is 10.9 Å². The molecular formula is C20H14BrN3O3S. The number of hydrogen-bond donors (Lipinski definition) is 2. The fourth-order valence-corrected chi connectivity index (χ4v) is 3.91. The predicted molar refractivity (Wildman–Crippen MR) is 114 cm³/mol. The number of halogens is 1. The van der Waals surface area contributed by atoms with Gasteiger partial charge in [0.05, 0.1) is 11.2 Å². The lowest BCUT2D eigenvalue weighted by Gasteiger charge is -2.11. The van der Waals surface area contributed by atoms with E-state index in [1.807, 2.05) is 29.6 Å². The van der Waals surface area contributed by atoms with E-state index in [9.17, 15) is 14.7 Å². The van der Waals surface area contributed by atoms with Crippen molar-refractivity contribution >= 4 is 49.2 Å². The van der Waals surface area contributed by atoms with Gasteiger partial charge in [-0.15, -0.1) is 11.3 Å². The molecule has 0 unspecified atom stereocenters. The molecule has 0 atom stereocenters. The predicted octanol–water partition coefficient (Wildman–Crippen LogP) is 4.38. The lowest BCUT2D eigenvalue weighted by atomic mass is 10.1. The largest absolute Gasteiger partial charge is 0.506 e. The summed E-state index contributed by atoms with van der Waals surface area (Å²) in [6.45, 7) is 0. The molecule has 140 valence electrons. The maximum Gasteiger partial charge on any atom is 0.267 e. The quantitative estimate of drug-likeness (QED) is 0.479. The number of nitrogens with one attached hydrogen (secondary N) is 1. The van der Waals surface area contributed by atoms with E-state index >= 15 is 0 Å². The lowest BCUT2D eigenvalue weighted by molar-refractivity contribution is 0.102. The molecule has 0 saturated carbocycles. The van der Waals surface area contributed by atoms with Crippen LogP contribution in [0.3, 0.4) is 0 Å². The van der Waals surface area contributed by atoms with Crippen LogP contribution in [0.5, 0.6) is 5.75 Å². The average molecular weight is 456 g/mol. The van der Waals surface area contributed by atoms with Gasteiger partial charge in [-0.05, 0) is 24.3 Å². The lowest BCUT2D eigenvalue weighted by Crippen LogP contribution is -2.28. The number of benzene rings is 2. The Kier molecular flexibility index (Phi) is 4.74. The topological polar surface area (TPSA) is 84.2 Å². The van der Waals surface area contributed by atoms with Crippen LogP contribution in [0.1, 0.15) is 10.4 Å². The first-order valence-corrected chi connectivity index (χ1v) is 9.96. The fraction of sp³-hybridized carbons (Fsp3) is 0.0500. The van der Waals surface area contributed by atoms with Crippen molar-refractivity contribution in [1.29, 1.82) is 0 Å². The van der Waals surface area contributed by atoms with E-state index in [1.54, 1.807) is 31.3 Å². The summed E-state index contributed by atoms with van der Waals surface area (Å²) in [5, 5.41) is 15.7. The Morgan fingerprint density at radius 3 is 2.64 bits per heavy atom. The van der Waals surface area contributed by atoms with Crippen LogP contribution in [0.4, 0.5) is 5.13 Å². The summed E-state index contributed by atoms with van der Waals surface area (Å²) in [6, 6.07) is 14.5. The Labute approximate surface area is 172 Å². The van der Waals surface area contributed by atoms with Gasteiger partial charge < -0.3 is 9.67 Å². The number of carbonyl (C=O) groups is 1. The molecule has 2 aromatic heterocycles. The van der Waals surface area contributed by atoms with Crippen LogP contribution >= 0.6 is 27.3 Å². The Balaban J connectivity index is 1.68. The molecule has 0 aliphatic heterocycles. The van der Waals surface area contributed by atoms with Crippen LogP contribution in [-0.4, -0.2) is 20.6 Å². The number of aromatic nitrogens is 2. The van der Waals surface area contributed by atoms with Crippen LogP contribution in [0.2, 0.25) is 0 Å². The number of carbonyl (C=O) groups excluding carboxylic acids is 1. The normalized spacial score (nSPS) is 10.9. The van der Waals surface area contributed by atoms with Gasteiger partial charge in [-0.25, -0.2) is 4.98 Å². The number of amides is 1. The van der Waals surface area contributed by atoms with E-state index in [2.05, 4.69) is 26.2 Å². The van der Waals surface area contributed by atoms with Gasteiger partial charge in [0.2, 0.25) is 0 Å². The third-order valence-corrected chi connectivity index (χ3v) is 5.65. The summed E-state index contributed by atoms with van der Waals surface area (Å²) < 4.78 is 2.31. The Hall–Kier alpha value is -2.97. The van der Waals surface area contributed by atoms with E-state index in [4.69, 9.17) is 0 Å². The van der Waals surface area contributed by atoms with Crippen LogP contribution in [0.25, 0.3) is 22.2 Å². The van der Waals surface area contributed by atoms with Crippen molar-refractivity contribution in [2.24, 2.45) is 7.05 Å². The third kappa shape index (κ3) is 3.21. The number of rotatable bonds is 3. The zero-order chi connectivity index (χ0) is 19.8. The highest BCUT2D eigenvalue weighted by Crippen LogP contribution is 2.29. The molecule has 6 nitrogen and oxygen atoms in total. The second-order valence-electron chi connectivity index (χ2n) is 6.10. The van der Waals surface area contributed by atoms with Crippen molar-refractivity contribution in [2.75, 3.05) is 5.32 Å². The molecular weight excluding hydrogens is 442 g/mol. The zero-order valence-electron chi connectivity index (χ0n) is 14.6. The highest BCUT2D eigenvalue weighted by atomic mass is 79.9. The van der Waals surface area contributed by atoms with Gasteiger partial charge in [-0.3, -0.25) is 14.9 Å². The van der Waals surface area contributed by atoms with Gasteiger partial charge in [-0.2, -0.15) is 0 Å². The van der Waals surface area contributed by atoms with Gasteiger partial charge in [0.15, 0.2) is 5.13 Å². The molecule has 2 N–H and O–H groups in total. The first kappa shape index (κ1) is 18.4. The van der Waals surface area contributed by atoms with E-state index < -0.39 is 11.5 Å². The molecule has 8 heteroatoms. The van der Waals surface area contributed by atoms with Crippen LogP contribution in [0.15, 0.2) is 63.2 Å². The molecule has 0 spiro atoms. The zero-order valence-corrected chi connectivity index (χ0v) is 17.0. The molecule has 2 heterocycles. The van der Waals surface area contributed by atoms with Crippen molar-refractivity contribution in [1.82, 2.24) is 9.55 Å². The smallest absolute Gasteiger partial charge is 0.267 e. The van der Waals surface area contributed by atoms with E-state index in [0.717, 1.165) is 10.0 Å². The van der Waals surface area contributed by atoms with Gasteiger partial charge >= 0.3 is 0 Å². The molecule has 0 aliphatic carbocycles. The molecule has 28 heavy (non-hydrogen) atoms. The summed E-state index contributed by atoms with van der Waals surface area (Å²) in [7, 11) is 1.57. The number of para-hydroxylation sites is 1. The summed E-state index contributed by atoms with van der Waals surface area (Å²) in [5.74, 6) is -1.03. The number of pyridine rings is 1. The number of thiazole rings is 1. The minimum absolute atomic E-state index is 0.304. The highest BCUT2D eigenvalue weighted by Gasteiger charge is 2.22. The minimum atomic E-state index is -0.694. The van der Waals surface area contributed by atoms with Crippen molar-refractivity contribution in [2.45, 2.75) is 0 Å². The SMILES string of the molecule is Cn1c(=O)c(C(=O)Nc2nc(-c3ccc(Br)cc3)cs2)c(O)c2ccccc21. The molecule has 0 bridgehead atoms. The number of nitrogens with zero attached hydrogens (tertiary/aromatic N) is 2. The monoisotopic (exact) mass is 455 g/mol. The van der Waals surface area contributed by atoms with Gasteiger partial charge in [0, 0.05) is 27.9 Å². The van der Waals surface area contributed by atoms with Crippen molar-refractivity contribution in [3.8, 4) is 17.0 Å². The number of hydrogen-bond acceptors (Lipinski definition) is 5. The molecule has 0 saturated heterocycles. The summed E-state index contributed by atoms with van der Waals surface area (Å²) in [5.41, 5.74) is 1.29. The first-order chi connectivity index (χ1) is 13.5. The molecule has 0 aliphatic rings. The van der Waals surface area contributed by atoms with Gasteiger partial charge in [0.1, 0.15) is 11.3 Å². The standard InChI is InChI=1S/C20H14BrN3O3S/c1-24-15-5-3-2-4-13(15)17(25)16(19(24)27)18(26)23-20-22-14(10-28-20)11-6-8-12(21)9-7-11/h2-10,25H,1H3,(H,22,23,26). The Bertz CT molecular complexity index is 1260. The number of aromatic hydroxyl groups is 1. The second kappa shape index (κ2) is 7.21. The molecule has 1 amide bonds. The fourth-order valence-electron chi connectivity index (χ4n) is 2.93. The molecule has 4 rings (SSSR count). The Morgan fingerprint density at radius 1 is 1.18 bits per heavy atom. The summed E-state index contributed by atoms with van der Waals surface area (Å²) in [4.78, 5) is 29.7. The van der Waals surface area contributed by atoms with Crippen molar-refractivity contribution < 1.29 is 9.90 Å². The number of anilines is 1. The molecule has 0 fully saturated rings. The first-order valence-electron chi connectivity index (χ1n) is 8.29. The minimum Gasteiger partial charge on any atom is -0.506 e. The number of fused-ring (bicyclic) bond motifs is 1.